The predicted octanol–water partition coefficient (Wildman–Crippen LogP) is 6.51. The second-order valence-electron chi connectivity index (χ2n) is 7.87. The van der Waals surface area contributed by atoms with Crippen LogP contribution in [-0.2, 0) is 17.9 Å². The van der Waals surface area contributed by atoms with Gasteiger partial charge in [0.25, 0.3) is 11.8 Å². The van der Waals surface area contributed by atoms with Gasteiger partial charge in [-0.2, -0.15) is 0 Å². The Bertz CT molecular complexity index is 1250. The molecule has 0 aromatic heterocycles. The van der Waals surface area contributed by atoms with Crippen LogP contribution in [0.4, 0.5) is 18.9 Å². The average Bonchev–Trinajstić information content (AvgIpc) is 2.82. The highest BCUT2D eigenvalue weighted by atomic mass is 35.5. The van der Waals surface area contributed by atoms with Crippen molar-refractivity contribution in [3.05, 3.63) is 98.4 Å². The molecular weight excluding hydrogens is 534 g/mol. The summed E-state index contributed by atoms with van der Waals surface area (Å²) >= 11 is 12.3. The molecule has 0 saturated carbocycles. The SMILES string of the molecule is O=NC(=O)CCNC(=O)c1ccc(N(Cc2cc(Cl)cc(Cl)c2)Cc2cccc(OC(F)(F)F)c2)cc1. The number of alkyl halides is 3. The van der Waals surface area contributed by atoms with Gasteiger partial charge < -0.3 is 15.0 Å². The summed E-state index contributed by atoms with van der Waals surface area (Å²) in [6.07, 6.45) is -5.02. The number of halogens is 5. The molecule has 0 heterocycles. The van der Waals surface area contributed by atoms with Crippen LogP contribution < -0.4 is 15.0 Å². The van der Waals surface area contributed by atoms with E-state index in [2.05, 4.69) is 15.2 Å². The Morgan fingerprint density at radius 3 is 2.19 bits per heavy atom. The third kappa shape index (κ3) is 9.07. The van der Waals surface area contributed by atoms with Crippen molar-refractivity contribution in [2.75, 3.05) is 11.4 Å². The molecule has 12 heteroatoms. The van der Waals surface area contributed by atoms with Crippen molar-refractivity contribution in [2.45, 2.75) is 25.9 Å². The largest absolute Gasteiger partial charge is 0.573 e. The number of nitrogens with one attached hydrogen (secondary N) is 1. The number of anilines is 1. The van der Waals surface area contributed by atoms with Crippen LogP contribution in [0.15, 0.2) is 71.9 Å². The molecule has 3 aromatic rings. The second kappa shape index (κ2) is 12.6. The quantitative estimate of drug-likeness (QED) is 0.289. The van der Waals surface area contributed by atoms with Crippen molar-refractivity contribution in [3.8, 4) is 5.75 Å². The third-order valence-corrected chi connectivity index (χ3v) is 5.46. The summed E-state index contributed by atoms with van der Waals surface area (Å²) in [5, 5.41) is 5.65. The van der Waals surface area contributed by atoms with Crippen LogP contribution in [0, 0.1) is 4.91 Å². The number of rotatable bonds is 10. The number of ether oxygens (including phenoxy) is 1. The van der Waals surface area contributed by atoms with Gasteiger partial charge in [0, 0.05) is 52.5 Å². The zero-order chi connectivity index (χ0) is 27.0. The first-order valence-electron chi connectivity index (χ1n) is 10.8. The Morgan fingerprint density at radius 2 is 1.57 bits per heavy atom. The fourth-order valence-electron chi connectivity index (χ4n) is 3.48. The van der Waals surface area contributed by atoms with Crippen LogP contribution in [0.3, 0.4) is 0 Å². The number of carbonyl (C=O) groups excluding carboxylic acids is 2. The lowest BCUT2D eigenvalue weighted by atomic mass is 10.1. The molecule has 0 aliphatic carbocycles. The molecule has 0 atom stereocenters. The van der Waals surface area contributed by atoms with Gasteiger partial charge in [-0.3, -0.25) is 9.59 Å². The minimum atomic E-state index is -4.82. The molecule has 7 nitrogen and oxygen atoms in total. The molecule has 2 amide bonds. The van der Waals surface area contributed by atoms with E-state index in [1.165, 1.54) is 18.2 Å². The van der Waals surface area contributed by atoms with Crippen LogP contribution in [0.5, 0.6) is 5.75 Å². The molecule has 0 fully saturated rings. The molecule has 194 valence electrons. The van der Waals surface area contributed by atoms with Crippen LogP contribution in [0.1, 0.15) is 27.9 Å². The van der Waals surface area contributed by atoms with E-state index in [-0.39, 0.29) is 25.3 Å². The lowest BCUT2D eigenvalue weighted by molar-refractivity contribution is -0.274. The van der Waals surface area contributed by atoms with Gasteiger partial charge in [0.05, 0.1) is 0 Å². The highest BCUT2D eigenvalue weighted by molar-refractivity contribution is 6.34. The second-order valence-corrected chi connectivity index (χ2v) is 8.74. The average molecular weight is 554 g/mol. The Labute approximate surface area is 220 Å². The third-order valence-electron chi connectivity index (χ3n) is 5.02. The summed E-state index contributed by atoms with van der Waals surface area (Å²) in [7, 11) is 0. The van der Waals surface area contributed by atoms with E-state index in [1.807, 2.05) is 4.90 Å². The summed E-state index contributed by atoms with van der Waals surface area (Å²) in [6, 6.07) is 17.1. The van der Waals surface area contributed by atoms with Crippen molar-refractivity contribution in [1.29, 1.82) is 0 Å². The summed E-state index contributed by atoms with van der Waals surface area (Å²) in [5.41, 5.74) is 2.28. The molecule has 0 bridgehead atoms. The number of carbonyl (C=O) groups is 2. The van der Waals surface area contributed by atoms with Crippen LogP contribution in [0.2, 0.25) is 10.0 Å². The van der Waals surface area contributed by atoms with Gasteiger partial charge in [-0.25, -0.2) is 0 Å². The number of nitroso groups, excluding NO2 is 1. The van der Waals surface area contributed by atoms with Gasteiger partial charge in [0.15, 0.2) is 0 Å². The Kier molecular flexibility index (Phi) is 9.48. The van der Waals surface area contributed by atoms with Crippen molar-refractivity contribution in [2.24, 2.45) is 5.18 Å². The number of hydrogen-bond donors (Lipinski definition) is 1. The maximum absolute atomic E-state index is 12.7. The van der Waals surface area contributed by atoms with E-state index >= 15 is 0 Å². The summed E-state index contributed by atoms with van der Waals surface area (Å²) in [4.78, 5) is 35.3. The molecule has 3 rings (SSSR count). The summed E-state index contributed by atoms with van der Waals surface area (Å²) < 4.78 is 42.1. The Morgan fingerprint density at radius 1 is 0.919 bits per heavy atom. The highest BCUT2D eigenvalue weighted by Gasteiger charge is 2.31. The monoisotopic (exact) mass is 553 g/mol. The van der Waals surface area contributed by atoms with Crippen molar-refractivity contribution >= 4 is 40.7 Å². The Hall–Kier alpha value is -3.63. The molecule has 0 aliphatic heterocycles. The lowest BCUT2D eigenvalue weighted by Crippen LogP contribution is -2.26. The normalized spacial score (nSPS) is 11.1. The van der Waals surface area contributed by atoms with Gasteiger partial charge in [-0.15, -0.1) is 18.1 Å². The van der Waals surface area contributed by atoms with Gasteiger partial charge in [-0.1, -0.05) is 35.3 Å². The van der Waals surface area contributed by atoms with E-state index in [4.69, 9.17) is 23.2 Å². The lowest BCUT2D eigenvalue weighted by Gasteiger charge is -2.26. The van der Waals surface area contributed by atoms with Crippen molar-refractivity contribution in [1.82, 2.24) is 5.32 Å². The first kappa shape index (κ1) is 27.9. The topological polar surface area (TPSA) is 88.1 Å². The molecule has 1 N–H and O–H groups in total. The molecule has 0 aliphatic rings. The maximum Gasteiger partial charge on any atom is 0.573 e. The van der Waals surface area contributed by atoms with Gasteiger partial charge >= 0.3 is 6.36 Å². The maximum atomic E-state index is 12.7. The smallest absolute Gasteiger partial charge is 0.406 e. The molecule has 3 aromatic carbocycles. The summed E-state index contributed by atoms with van der Waals surface area (Å²) in [6.45, 7) is 0.464. The minimum Gasteiger partial charge on any atom is -0.406 e. The van der Waals surface area contributed by atoms with E-state index in [9.17, 15) is 27.7 Å². The fourth-order valence-corrected chi connectivity index (χ4v) is 4.05. The molecule has 0 saturated heterocycles. The van der Waals surface area contributed by atoms with Crippen LogP contribution in [-0.4, -0.2) is 24.7 Å². The standard InChI is InChI=1S/C25H20Cl2F3N3O4/c26-19-10-17(11-20(27)13-19)15-33(14-16-2-1-3-22(12-16)37-25(28,29)30)21-6-4-18(5-7-21)24(35)31-9-8-23(34)32-36/h1-7,10-13H,8-9,14-15H2,(H,31,35). The number of hydrogen-bond acceptors (Lipinski definition) is 5. The van der Waals surface area contributed by atoms with Crippen LogP contribution >= 0.6 is 23.2 Å². The Balaban J connectivity index is 1.83. The van der Waals surface area contributed by atoms with Gasteiger partial charge in [0.2, 0.25) is 0 Å². The van der Waals surface area contributed by atoms with Crippen LogP contribution in [0.25, 0.3) is 0 Å². The van der Waals surface area contributed by atoms with E-state index < -0.39 is 18.2 Å². The van der Waals surface area contributed by atoms with Gasteiger partial charge in [0.1, 0.15) is 5.75 Å². The molecule has 0 unspecified atom stereocenters. The van der Waals surface area contributed by atoms with Crippen molar-refractivity contribution in [3.63, 3.8) is 0 Å². The van der Waals surface area contributed by atoms with Crippen molar-refractivity contribution < 1.29 is 27.5 Å². The number of nitrogens with zero attached hydrogens (tertiary/aromatic N) is 2. The molecule has 37 heavy (non-hydrogen) atoms. The highest BCUT2D eigenvalue weighted by Crippen LogP contribution is 2.27. The molecule has 0 radical (unpaired) electrons. The van der Waals surface area contributed by atoms with E-state index in [1.54, 1.807) is 48.5 Å². The predicted molar refractivity (Wildman–Crippen MR) is 134 cm³/mol. The first-order chi connectivity index (χ1) is 17.5. The number of benzene rings is 3. The minimum absolute atomic E-state index is 0.0385. The zero-order valence-corrected chi connectivity index (χ0v) is 20.6. The number of amides is 2. The van der Waals surface area contributed by atoms with E-state index in [0.29, 0.717) is 33.4 Å². The first-order valence-corrected chi connectivity index (χ1v) is 11.6. The molecular formula is C25H20Cl2F3N3O4. The van der Waals surface area contributed by atoms with E-state index in [0.717, 1.165) is 5.56 Å². The summed E-state index contributed by atoms with van der Waals surface area (Å²) in [5.74, 6) is -1.65. The zero-order valence-electron chi connectivity index (χ0n) is 19.1. The van der Waals surface area contributed by atoms with Gasteiger partial charge in [-0.05, 0) is 65.7 Å². The molecule has 0 spiro atoms. The fraction of sp³-hybridized carbons (Fsp3) is 0.200.